The predicted octanol–water partition coefficient (Wildman–Crippen LogP) is 2.43. The lowest BCUT2D eigenvalue weighted by Gasteiger charge is -2.08. The fourth-order valence-corrected chi connectivity index (χ4v) is 1.46. The first-order chi connectivity index (χ1) is 8.69. The second kappa shape index (κ2) is 5.55. The lowest BCUT2D eigenvalue weighted by atomic mass is 10.2. The number of nitrogens with zero attached hydrogens (tertiary/aromatic N) is 1. The van der Waals surface area contributed by atoms with Gasteiger partial charge in [-0.15, -0.1) is 0 Å². The second-order valence-corrected chi connectivity index (χ2v) is 3.72. The third-order valence-corrected chi connectivity index (χ3v) is 2.33. The van der Waals surface area contributed by atoms with Gasteiger partial charge in [0, 0.05) is 11.8 Å². The molecule has 1 heterocycles. The van der Waals surface area contributed by atoms with Gasteiger partial charge in [-0.3, -0.25) is 4.98 Å². The number of benzene rings is 1. The lowest BCUT2D eigenvalue weighted by molar-refractivity contribution is 0.276. The molecule has 0 bridgehead atoms. The molecule has 2 rings (SSSR count). The third kappa shape index (κ3) is 3.01. The molecule has 94 valence electrons. The Balaban J connectivity index is 2.06. The standard InChI is InChI=1S/C13H11F2NO2/c14-11-3-10(5-16-6-11)8-18-13-2-1-9(7-17)4-12(13)15/h1-6,17H,7-8H2. The largest absolute Gasteiger partial charge is 0.486 e. The van der Waals surface area contributed by atoms with Gasteiger partial charge in [-0.2, -0.15) is 0 Å². The lowest BCUT2D eigenvalue weighted by Crippen LogP contribution is -1.99. The molecule has 0 saturated carbocycles. The highest BCUT2D eigenvalue weighted by Gasteiger charge is 2.05. The van der Waals surface area contributed by atoms with E-state index in [1.807, 2.05) is 0 Å². The molecular formula is C13H11F2NO2. The highest BCUT2D eigenvalue weighted by molar-refractivity contribution is 5.29. The third-order valence-electron chi connectivity index (χ3n) is 2.33. The van der Waals surface area contributed by atoms with E-state index in [1.165, 1.54) is 24.4 Å². The Labute approximate surface area is 103 Å². The normalized spacial score (nSPS) is 10.4. The number of aliphatic hydroxyl groups is 1. The van der Waals surface area contributed by atoms with Gasteiger partial charge < -0.3 is 9.84 Å². The maximum absolute atomic E-state index is 13.5. The van der Waals surface area contributed by atoms with E-state index in [0.717, 1.165) is 6.20 Å². The van der Waals surface area contributed by atoms with Crippen LogP contribution in [0.1, 0.15) is 11.1 Å². The molecule has 1 N–H and O–H groups in total. The van der Waals surface area contributed by atoms with E-state index >= 15 is 0 Å². The fourth-order valence-electron chi connectivity index (χ4n) is 1.46. The van der Waals surface area contributed by atoms with Crippen LogP contribution < -0.4 is 4.74 Å². The molecule has 0 unspecified atom stereocenters. The predicted molar refractivity (Wildman–Crippen MR) is 60.8 cm³/mol. The zero-order valence-corrected chi connectivity index (χ0v) is 9.44. The van der Waals surface area contributed by atoms with Crippen LogP contribution in [0.3, 0.4) is 0 Å². The van der Waals surface area contributed by atoms with Gasteiger partial charge in [-0.1, -0.05) is 6.07 Å². The van der Waals surface area contributed by atoms with Crippen molar-refractivity contribution in [3.8, 4) is 5.75 Å². The number of halogens is 2. The molecule has 5 heteroatoms. The van der Waals surface area contributed by atoms with Gasteiger partial charge in [0.25, 0.3) is 0 Å². The summed E-state index contributed by atoms with van der Waals surface area (Å²) in [5.74, 6) is -0.977. The van der Waals surface area contributed by atoms with E-state index in [9.17, 15) is 8.78 Å². The summed E-state index contributed by atoms with van der Waals surface area (Å²) in [7, 11) is 0. The van der Waals surface area contributed by atoms with E-state index in [1.54, 1.807) is 6.07 Å². The number of hydrogen-bond acceptors (Lipinski definition) is 3. The Morgan fingerprint density at radius 1 is 1.11 bits per heavy atom. The summed E-state index contributed by atoms with van der Waals surface area (Å²) in [6.45, 7) is -0.203. The number of ether oxygens (including phenoxy) is 1. The molecule has 0 atom stereocenters. The minimum absolute atomic E-state index is 0.0279. The SMILES string of the molecule is OCc1ccc(OCc2cncc(F)c2)c(F)c1. The monoisotopic (exact) mass is 251 g/mol. The smallest absolute Gasteiger partial charge is 0.165 e. The van der Waals surface area contributed by atoms with Crippen molar-refractivity contribution in [3.63, 3.8) is 0 Å². The van der Waals surface area contributed by atoms with E-state index in [-0.39, 0.29) is 19.0 Å². The molecule has 0 amide bonds. The van der Waals surface area contributed by atoms with Gasteiger partial charge >= 0.3 is 0 Å². The Morgan fingerprint density at radius 2 is 1.94 bits per heavy atom. The molecule has 0 radical (unpaired) electrons. The average molecular weight is 251 g/mol. The van der Waals surface area contributed by atoms with E-state index in [2.05, 4.69) is 4.98 Å². The van der Waals surface area contributed by atoms with Crippen LogP contribution in [0.25, 0.3) is 0 Å². The van der Waals surface area contributed by atoms with Gasteiger partial charge in [-0.25, -0.2) is 8.78 Å². The quantitative estimate of drug-likeness (QED) is 0.907. The van der Waals surface area contributed by atoms with Crippen molar-refractivity contribution in [2.45, 2.75) is 13.2 Å². The molecule has 0 saturated heterocycles. The number of rotatable bonds is 4. The molecule has 1 aromatic carbocycles. The van der Waals surface area contributed by atoms with Crippen LogP contribution in [0.2, 0.25) is 0 Å². The number of pyridine rings is 1. The highest BCUT2D eigenvalue weighted by atomic mass is 19.1. The van der Waals surface area contributed by atoms with E-state index in [4.69, 9.17) is 9.84 Å². The molecule has 0 aliphatic carbocycles. The van der Waals surface area contributed by atoms with Crippen molar-refractivity contribution < 1.29 is 18.6 Å². The summed E-state index contributed by atoms with van der Waals surface area (Å²) in [5.41, 5.74) is 0.980. The Bertz CT molecular complexity index is 546. The molecule has 0 aliphatic rings. The van der Waals surface area contributed by atoms with Crippen LogP contribution in [0, 0.1) is 11.6 Å². The first kappa shape index (κ1) is 12.4. The zero-order chi connectivity index (χ0) is 13.0. The molecular weight excluding hydrogens is 240 g/mol. The summed E-state index contributed by atoms with van der Waals surface area (Å²) in [6, 6.07) is 5.45. The summed E-state index contributed by atoms with van der Waals surface area (Å²) < 4.78 is 31.6. The van der Waals surface area contributed by atoms with Crippen molar-refractivity contribution in [1.29, 1.82) is 0 Å². The topological polar surface area (TPSA) is 42.4 Å². The van der Waals surface area contributed by atoms with Crippen LogP contribution in [0.5, 0.6) is 5.75 Å². The molecule has 3 nitrogen and oxygen atoms in total. The number of hydrogen-bond donors (Lipinski definition) is 1. The van der Waals surface area contributed by atoms with Crippen molar-refractivity contribution in [1.82, 2.24) is 4.98 Å². The number of aromatic nitrogens is 1. The maximum atomic E-state index is 13.5. The molecule has 0 spiro atoms. The minimum atomic E-state index is -0.564. The Kier molecular flexibility index (Phi) is 3.84. The zero-order valence-electron chi connectivity index (χ0n) is 9.44. The van der Waals surface area contributed by atoms with E-state index < -0.39 is 11.6 Å². The van der Waals surface area contributed by atoms with Crippen LogP contribution in [-0.2, 0) is 13.2 Å². The minimum Gasteiger partial charge on any atom is -0.486 e. The van der Waals surface area contributed by atoms with Crippen molar-refractivity contribution in [3.05, 3.63) is 59.4 Å². The van der Waals surface area contributed by atoms with Crippen LogP contribution in [-0.4, -0.2) is 10.1 Å². The van der Waals surface area contributed by atoms with Gasteiger partial charge in [0.05, 0.1) is 12.8 Å². The van der Waals surface area contributed by atoms with Crippen molar-refractivity contribution >= 4 is 0 Å². The molecule has 0 aliphatic heterocycles. The fraction of sp³-hybridized carbons (Fsp3) is 0.154. The van der Waals surface area contributed by atoms with Crippen LogP contribution in [0.4, 0.5) is 8.78 Å². The van der Waals surface area contributed by atoms with Crippen molar-refractivity contribution in [2.75, 3.05) is 0 Å². The molecule has 18 heavy (non-hydrogen) atoms. The molecule has 0 fully saturated rings. The van der Waals surface area contributed by atoms with Gasteiger partial charge in [-0.05, 0) is 23.8 Å². The second-order valence-electron chi connectivity index (χ2n) is 3.72. The Hall–Kier alpha value is -2.01. The highest BCUT2D eigenvalue weighted by Crippen LogP contribution is 2.19. The van der Waals surface area contributed by atoms with Gasteiger partial charge in [0.1, 0.15) is 12.4 Å². The van der Waals surface area contributed by atoms with E-state index in [0.29, 0.717) is 11.1 Å². The molecule has 2 aromatic rings. The van der Waals surface area contributed by atoms with Crippen LogP contribution in [0.15, 0.2) is 36.7 Å². The summed E-state index contributed by atoms with van der Waals surface area (Å²) >= 11 is 0. The summed E-state index contributed by atoms with van der Waals surface area (Å²) in [6.07, 6.45) is 2.53. The number of aliphatic hydroxyl groups excluding tert-OH is 1. The van der Waals surface area contributed by atoms with Gasteiger partial charge in [0.15, 0.2) is 11.6 Å². The van der Waals surface area contributed by atoms with Crippen molar-refractivity contribution in [2.24, 2.45) is 0 Å². The van der Waals surface area contributed by atoms with Gasteiger partial charge in [0.2, 0.25) is 0 Å². The summed E-state index contributed by atoms with van der Waals surface area (Å²) in [5, 5.41) is 8.83. The average Bonchev–Trinajstić information content (AvgIpc) is 2.37. The summed E-state index contributed by atoms with van der Waals surface area (Å²) in [4.78, 5) is 3.66. The first-order valence-corrected chi connectivity index (χ1v) is 5.30. The first-order valence-electron chi connectivity index (χ1n) is 5.30. The maximum Gasteiger partial charge on any atom is 0.165 e. The molecule has 1 aromatic heterocycles. The van der Waals surface area contributed by atoms with Crippen LogP contribution >= 0.6 is 0 Å². The Morgan fingerprint density at radius 3 is 2.61 bits per heavy atom.